The highest BCUT2D eigenvalue weighted by atomic mass is 32.1. The van der Waals surface area contributed by atoms with Gasteiger partial charge in [0.05, 0.1) is 42.3 Å². The van der Waals surface area contributed by atoms with E-state index < -0.39 is 43.0 Å². The van der Waals surface area contributed by atoms with E-state index in [1.54, 1.807) is 28.0 Å². The Balaban J connectivity index is 0.000000194. The maximum Gasteiger partial charge on any atom is 0.259 e. The summed E-state index contributed by atoms with van der Waals surface area (Å²) < 4.78 is 64.5. The summed E-state index contributed by atoms with van der Waals surface area (Å²) in [5, 5.41) is 24.2. The molecular formula is C60H67F4N9O5S2Si. The number of aryl methyl sites for hydroxylation is 2. The number of nitriles is 1. The molecule has 2 aliphatic carbocycles. The number of carbonyl (C=O) groups is 3. The fraction of sp³-hybridized carbons (Fsp3) is 0.467. The molecule has 4 aromatic carbocycles. The number of aliphatic imine (C=N–C) groups is 1. The maximum atomic E-state index is 15.2. The Kier molecular flexibility index (Phi) is 19.4. The lowest BCUT2D eigenvalue weighted by Crippen LogP contribution is -2.59. The van der Waals surface area contributed by atoms with Crippen molar-refractivity contribution in [1.82, 2.24) is 9.80 Å². The first-order chi connectivity index (χ1) is 38.3. The summed E-state index contributed by atoms with van der Waals surface area (Å²) in [6.45, 7) is 30.1. The summed E-state index contributed by atoms with van der Waals surface area (Å²) in [6.07, 6.45) is 6.81. The number of rotatable bonds is 15. The first-order valence-corrected chi connectivity index (χ1v) is 30.8. The number of hydrogen-bond donors (Lipinski definition) is 2. The van der Waals surface area contributed by atoms with E-state index in [0.29, 0.717) is 105 Å². The summed E-state index contributed by atoms with van der Waals surface area (Å²) >= 11 is 10.0. The van der Waals surface area contributed by atoms with Gasteiger partial charge in [-0.05, 0) is 179 Å². The number of benzene rings is 4. The van der Waals surface area contributed by atoms with E-state index in [-0.39, 0.29) is 68.8 Å². The molecule has 21 heteroatoms. The molecular weight excluding hydrogens is 1090 g/mol. The zero-order valence-corrected chi connectivity index (χ0v) is 49.4. The SMILES string of the molecule is CC(C)(C)[Si](C)(C)OC1CN(C(=O)CCCc2ccc(NC3(C#N)CCC3)cc2F)C1.[C-]#[N+]c1ccc(N2C(=O)C3(CCC3)N(c3ccc(CCCC(=O)N4CC(O)C4)c(F)c3)C2=S)c(F)c1C.[C-]#[N+]c1ccc(N=C=S)c(F)c1C. The molecule has 0 bridgehead atoms. The van der Waals surface area contributed by atoms with Crippen LogP contribution in [-0.2, 0) is 31.7 Å². The van der Waals surface area contributed by atoms with Crippen molar-refractivity contribution in [2.24, 2.45) is 4.99 Å². The molecule has 426 valence electrons. The van der Waals surface area contributed by atoms with Gasteiger partial charge in [0, 0.05) is 50.4 Å². The number of hydrogen-bond acceptors (Lipinski definition) is 10. The number of isothiocyanates is 1. The van der Waals surface area contributed by atoms with Crippen LogP contribution in [0.25, 0.3) is 9.69 Å². The molecule has 0 aromatic heterocycles. The van der Waals surface area contributed by atoms with Crippen LogP contribution in [0.4, 0.5) is 51.7 Å². The minimum Gasteiger partial charge on any atom is -0.410 e. The Morgan fingerprint density at radius 2 is 1.38 bits per heavy atom. The Hall–Kier alpha value is -6.89. The lowest BCUT2D eigenvalue weighted by atomic mass is 9.75. The minimum atomic E-state index is -1.80. The van der Waals surface area contributed by atoms with Crippen LogP contribution < -0.4 is 15.1 Å². The number of nitrogens with zero attached hydrogens (tertiary/aromatic N) is 8. The van der Waals surface area contributed by atoms with Crippen LogP contribution >= 0.6 is 24.4 Å². The molecule has 81 heavy (non-hydrogen) atoms. The molecule has 3 heterocycles. The van der Waals surface area contributed by atoms with Gasteiger partial charge in [-0.2, -0.15) is 10.3 Å². The molecule has 4 aromatic rings. The van der Waals surface area contributed by atoms with Crippen molar-refractivity contribution in [2.45, 2.75) is 153 Å². The van der Waals surface area contributed by atoms with E-state index in [2.05, 4.69) is 77.3 Å². The molecule has 14 nitrogen and oxygen atoms in total. The highest BCUT2D eigenvalue weighted by molar-refractivity contribution is 7.81. The third kappa shape index (κ3) is 13.4. The molecule has 1 spiro atoms. The summed E-state index contributed by atoms with van der Waals surface area (Å²) in [4.78, 5) is 54.4. The number of aliphatic hydroxyl groups excluding tert-OH is 1. The minimum absolute atomic E-state index is 0.00912. The van der Waals surface area contributed by atoms with Crippen molar-refractivity contribution >= 4 is 94.9 Å². The number of amides is 3. The lowest BCUT2D eigenvalue weighted by Gasteiger charge is -2.46. The van der Waals surface area contributed by atoms with Crippen LogP contribution in [0.2, 0.25) is 18.1 Å². The number of carbonyl (C=O) groups excluding carboxylic acids is 3. The largest absolute Gasteiger partial charge is 0.410 e. The quantitative estimate of drug-likeness (QED) is 0.0387. The Labute approximate surface area is 483 Å². The molecule has 0 radical (unpaired) electrons. The van der Waals surface area contributed by atoms with Crippen LogP contribution in [0.3, 0.4) is 0 Å². The highest BCUT2D eigenvalue weighted by Gasteiger charge is 2.60. The summed E-state index contributed by atoms with van der Waals surface area (Å²) in [7, 11) is -1.80. The monoisotopic (exact) mass is 1160 g/mol. The van der Waals surface area contributed by atoms with Gasteiger partial charge < -0.3 is 29.5 Å². The zero-order chi connectivity index (χ0) is 59.2. The van der Waals surface area contributed by atoms with Gasteiger partial charge in [-0.3, -0.25) is 19.3 Å². The predicted octanol–water partition coefficient (Wildman–Crippen LogP) is 13.1. The topological polar surface area (TPSA) is 151 Å². The number of thiocarbonyl (C=S) groups is 2. The van der Waals surface area contributed by atoms with Gasteiger partial charge in [-0.15, -0.1) is 0 Å². The number of halogens is 4. The molecule has 3 aliphatic heterocycles. The lowest BCUT2D eigenvalue weighted by molar-refractivity contribution is -0.141. The Morgan fingerprint density at radius 1 is 0.840 bits per heavy atom. The van der Waals surface area contributed by atoms with Crippen molar-refractivity contribution in [3.8, 4) is 6.07 Å². The van der Waals surface area contributed by atoms with Crippen molar-refractivity contribution in [3.05, 3.63) is 129 Å². The predicted molar refractivity (Wildman–Crippen MR) is 314 cm³/mol. The number of β-amino-alcohol motifs (C(OH)–C–C–N with tert-alkyl or cyclic N) is 1. The molecule has 0 atom stereocenters. The number of aliphatic hydroxyl groups is 1. The molecule has 5 aliphatic rings. The molecule has 9 rings (SSSR count). The highest BCUT2D eigenvalue weighted by Crippen LogP contribution is 2.49. The average Bonchev–Trinajstić information content (AvgIpc) is 3.84. The van der Waals surface area contributed by atoms with Crippen molar-refractivity contribution in [1.29, 1.82) is 5.26 Å². The van der Waals surface area contributed by atoms with Gasteiger partial charge in [0.25, 0.3) is 5.91 Å². The first-order valence-electron chi connectivity index (χ1n) is 27.1. The van der Waals surface area contributed by atoms with E-state index in [0.717, 1.165) is 25.7 Å². The summed E-state index contributed by atoms with van der Waals surface area (Å²) in [5.74, 6) is -2.21. The van der Waals surface area contributed by atoms with Gasteiger partial charge in [-0.25, -0.2) is 27.3 Å². The molecule has 3 saturated heterocycles. The van der Waals surface area contributed by atoms with Crippen LogP contribution in [0, 0.1) is 61.6 Å². The summed E-state index contributed by atoms with van der Waals surface area (Å²) in [6, 6.07) is 17.8. The van der Waals surface area contributed by atoms with Crippen LogP contribution in [0.5, 0.6) is 0 Å². The maximum absolute atomic E-state index is 15.2. The van der Waals surface area contributed by atoms with Crippen molar-refractivity contribution in [2.75, 3.05) is 41.3 Å². The van der Waals surface area contributed by atoms with Crippen molar-refractivity contribution < 1.29 is 41.5 Å². The van der Waals surface area contributed by atoms with Crippen LogP contribution in [-0.4, -0.2) is 101 Å². The second-order valence-electron chi connectivity index (χ2n) is 22.9. The third-order valence-corrected chi connectivity index (χ3v) is 21.4. The van der Waals surface area contributed by atoms with Gasteiger partial charge >= 0.3 is 0 Å². The fourth-order valence-electron chi connectivity index (χ4n) is 9.99. The number of likely N-dealkylation sites (tertiary alicyclic amines) is 2. The van der Waals surface area contributed by atoms with Crippen molar-refractivity contribution in [3.63, 3.8) is 0 Å². The number of nitrogens with one attached hydrogen (secondary N) is 1. The van der Waals surface area contributed by atoms with E-state index in [1.165, 1.54) is 55.1 Å². The van der Waals surface area contributed by atoms with E-state index in [9.17, 15) is 33.5 Å². The van der Waals surface area contributed by atoms with E-state index in [4.69, 9.17) is 29.8 Å². The second-order valence-corrected chi connectivity index (χ2v) is 28.2. The number of anilines is 3. The van der Waals surface area contributed by atoms with Gasteiger partial charge in [0.15, 0.2) is 24.8 Å². The average molecular weight is 1160 g/mol. The summed E-state index contributed by atoms with van der Waals surface area (Å²) in [5.41, 5.74) is 1.61. The van der Waals surface area contributed by atoms with Crippen LogP contribution in [0.15, 0.2) is 65.7 Å². The molecule has 2 saturated carbocycles. The Bertz CT molecular complexity index is 3270. The molecule has 0 unspecified atom stereocenters. The fourth-order valence-corrected chi connectivity index (χ4v) is 11.9. The van der Waals surface area contributed by atoms with E-state index >= 15 is 8.78 Å². The van der Waals surface area contributed by atoms with Gasteiger partial charge in [-0.1, -0.05) is 45.0 Å². The van der Waals surface area contributed by atoms with Crippen LogP contribution in [0.1, 0.15) is 107 Å². The van der Waals surface area contributed by atoms with Gasteiger partial charge in [0.1, 0.15) is 40.0 Å². The third-order valence-electron chi connectivity index (χ3n) is 16.4. The molecule has 2 N–H and O–H groups in total. The van der Waals surface area contributed by atoms with E-state index in [1.807, 2.05) is 11.0 Å². The standard InChI is InChI=1S/C27H26F2N4O3S.C24H36FN3O2Si.C9H5FN2S/c1-16-21(30-2)9-10-22(24(16)29)32-25(36)27(11-4-12-27)33(26(32)37)18-8-7-17(20(28)13-18)5-3-6-23(35)31-14-19(34)15-31;1-23(2,3)31(4,5)30-20-15-28(16-20)22(29)9-6-8-18-10-11-19(14-21(18)25)27-24(17-26)12-7-13-24;1-6-7(11-2)3-4-8(9(6)10)12-5-13/h7-10,13,19,34H,3-6,11-12,14-15H2,1H3;10-11,14,20,27H,6-9,12-13,15-16H2,1-5H3;3-4H,1H3. The molecule has 5 fully saturated rings. The van der Waals surface area contributed by atoms with Gasteiger partial charge in [0.2, 0.25) is 11.8 Å². The first kappa shape index (κ1) is 61.7. The second kappa shape index (κ2) is 25.5. The zero-order valence-electron chi connectivity index (χ0n) is 46.7. The normalized spacial score (nSPS) is 17.1. The Morgan fingerprint density at radius 3 is 1.86 bits per heavy atom. The smallest absolute Gasteiger partial charge is 0.259 e. The molecule has 3 amide bonds.